The molecule has 3 rings (SSSR count). The van der Waals surface area contributed by atoms with Crippen molar-refractivity contribution >= 4 is 15.7 Å². The van der Waals surface area contributed by atoms with E-state index in [-0.39, 0.29) is 29.9 Å². The molecule has 8 heteroatoms. The summed E-state index contributed by atoms with van der Waals surface area (Å²) >= 11 is 0. The van der Waals surface area contributed by atoms with Crippen LogP contribution in [0.15, 0.2) is 28.7 Å². The van der Waals surface area contributed by atoms with Crippen molar-refractivity contribution < 1.29 is 17.6 Å². The van der Waals surface area contributed by atoms with Crippen molar-refractivity contribution in [1.29, 1.82) is 0 Å². The predicted molar refractivity (Wildman–Crippen MR) is 92.6 cm³/mol. The number of carbonyl (C=O) groups is 1. The third-order valence-electron chi connectivity index (χ3n) is 4.43. The zero-order chi connectivity index (χ0) is 18.0. The monoisotopic (exact) mass is 363 g/mol. The smallest absolute Gasteiger partial charge is 0.247 e. The standard InChI is InChI=1S/C17H21N3O4S/c1-12-4-3-5-13(10-12)17-19-18-15(24-17)6-7-16(21)20(2)14-8-9-25(22,23)11-14/h3-5,10,14H,6-9,11H2,1-2H3. The number of aryl methyl sites for hydroxylation is 2. The van der Waals surface area contributed by atoms with Crippen LogP contribution in [0.1, 0.15) is 24.3 Å². The summed E-state index contributed by atoms with van der Waals surface area (Å²) < 4.78 is 28.7. The molecule has 7 nitrogen and oxygen atoms in total. The molecule has 1 aliphatic rings. The molecular weight excluding hydrogens is 342 g/mol. The Kier molecular flexibility index (Phi) is 4.89. The van der Waals surface area contributed by atoms with E-state index >= 15 is 0 Å². The first-order valence-electron chi connectivity index (χ1n) is 8.19. The first kappa shape index (κ1) is 17.6. The second-order valence-electron chi connectivity index (χ2n) is 6.43. The summed E-state index contributed by atoms with van der Waals surface area (Å²) in [6, 6.07) is 7.52. The molecule has 1 atom stereocenters. The molecule has 25 heavy (non-hydrogen) atoms. The van der Waals surface area contributed by atoms with Gasteiger partial charge in [0.1, 0.15) is 0 Å². The number of hydrogen-bond donors (Lipinski definition) is 0. The van der Waals surface area contributed by atoms with E-state index in [0.717, 1.165) is 11.1 Å². The molecular formula is C17H21N3O4S. The van der Waals surface area contributed by atoms with Crippen LogP contribution in [0.3, 0.4) is 0 Å². The summed E-state index contributed by atoms with van der Waals surface area (Å²) in [4.78, 5) is 13.8. The molecule has 1 saturated heterocycles. The van der Waals surface area contributed by atoms with Gasteiger partial charge in [-0.15, -0.1) is 10.2 Å². The minimum absolute atomic E-state index is 0.0489. The molecule has 0 bridgehead atoms. The second-order valence-corrected chi connectivity index (χ2v) is 8.66. The quantitative estimate of drug-likeness (QED) is 0.801. The lowest BCUT2D eigenvalue weighted by Crippen LogP contribution is -2.37. The summed E-state index contributed by atoms with van der Waals surface area (Å²) in [7, 11) is -1.35. The molecule has 1 aromatic carbocycles. The van der Waals surface area contributed by atoms with Crippen LogP contribution in [0.2, 0.25) is 0 Å². The van der Waals surface area contributed by atoms with E-state index in [0.29, 0.717) is 24.6 Å². The normalized spacial score (nSPS) is 19.0. The summed E-state index contributed by atoms with van der Waals surface area (Å²) in [5.74, 6) is 0.919. The lowest BCUT2D eigenvalue weighted by molar-refractivity contribution is -0.131. The number of carbonyl (C=O) groups excluding carboxylic acids is 1. The predicted octanol–water partition coefficient (Wildman–Crippen LogP) is 1.62. The maximum Gasteiger partial charge on any atom is 0.247 e. The van der Waals surface area contributed by atoms with Gasteiger partial charge in [0.15, 0.2) is 9.84 Å². The van der Waals surface area contributed by atoms with E-state index in [4.69, 9.17) is 4.42 Å². The van der Waals surface area contributed by atoms with Crippen LogP contribution in [0, 0.1) is 6.92 Å². The van der Waals surface area contributed by atoms with E-state index in [1.807, 2.05) is 31.2 Å². The van der Waals surface area contributed by atoms with Gasteiger partial charge in [-0.05, 0) is 25.5 Å². The number of amides is 1. The van der Waals surface area contributed by atoms with E-state index in [1.165, 1.54) is 4.90 Å². The van der Waals surface area contributed by atoms with Gasteiger partial charge < -0.3 is 9.32 Å². The van der Waals surface area contributed by atoms with E-state index < -0.39 is 9.84 Å². The fraction of sp³-hybridized carbons (Fsp3) is 0.471. The fourth-order valence-corrected chi connectivity index (χ4v) is 4.70. The third-order valence-corrected chi connectivity index (χ3v) is 6.18. The number of nitrogens with zero attached hydrogens (tertiary/aromatic N) is 3. The second kappa shape index (κ2) is 6.95. The fourth-order valence-electron chi connectivity index (χ4n) is 2.92. The van der Waals surface area contributed by atoms with Gasteiger partial charge in [-0.3, -0.25) is 4.79 Å². The van der Waals surface area contributed by atoms with Crippen LogP contribution >= 0.6 is 0 Å². The average Bonchev–Trinajstić information content (AvgIpc) is 3.18. The molecule has 1 amide bonds. The Hall–Kier alpha value is -2.22. The van der Waals surface area contributed by atoms with Gasteiger partial charge >= 0.3 is 0 Å². The van der Waals surface area contributed by atoms with Crippen LogP contribution in [-0.2, 0) is 21.1 Å². The molecule has 0 spiro atoms. The highest BCUT2D eigenvalue weighted by Gasteiger charge is 2.32. The molecule has 0 aliphatic carbocycles. The Morgan fingerprint density at radius 2 is 2.16 bits per heavy atom. The molecule has 1 unspecified atom stereocenters. The van der Waals surface area contributed by atoms with Gasteiger partial charge in [-0.1, -0.05) is 17.7 Å². The molecule has 0 saturated carbocycles. The topological polar surface area (TPSA) is 93.4 Å². The van der Waals surface area contributed by atoms with Gasteiger partial charge in [0.05, 0.1) is 11.5 Å². The number of aromatic nitrogens is 2. The zero-order valence-electron chi connectivity index (χ0n) is 14.3. The van der Waals surface area contributed by atoms with Crippen LogP contribution in [-0.4, -0.2) is 54.0 Å². The molecule has 1 aromatic heterocycles. The van der Waals surface area contributed by atoms with E-state index in [2.05, 4.69) is 10.2 Å². The van der Waals surface area contributed by atoms with E-state index in [9.17, 15) is 13.2 Å². The molecule has 134 valence electrons. The van der Waals surface area contributed by atoms with Crippen molar-refractivity contribution in [3.63, 3.8) is 0 Å². The van der Waals surface area contributed by atoms with Crippen LogP contribution < -0.4 is 0 Å². The Morgan fingerprint density at radius 3 is 2.84 bits per heavy atom. The van der Waals surface area contributed by atoms with Crippen molar-refractivity contribution in [1.82, 2.24) is 15.1 Å². The maximum absolute atomic E-state index is 12.3. The Bertz CT molecular complexity index is 876. The minimum Gasteiger partial charge on any atom is -0.421 e. The first-order chi connectivity index (χ1) is 11.8. The lowest BCUT2D eigenvalue weighted by atomic mass is 10.1. The highest BCUT2D eigenvalue weighted by atomic mass is 32.2. The zero-order valence-corrected chi connectivity index (χ0v) is 15.1. The van der Waals surface area contributed by atoms with Gasteiger partial charge in [-0.25, -0.2) is 8.42 Å². The van der Waals surface area contributed by atoms with Crippen LogP contribution in [0.4, 0.5) is 0 Å². The molecule has 1 aliphatic heterocycles. The number of benzene rings is 1. The van der Waals surface area contributed by atoms with Crippen molar-refractivity contribution in [3.8, 4) is 11.5 Å². The lowest BCUT2D eigenvalue weighted by Gasteiger charge is -2.23. The molecule has 2 aromatic rings. The summed E-state index contributed by atoms with van der Waals surface area (Å²) in [5.41, 5.74) is 1.94. The SMILES string of the molecule is Cc1cccc(-c2nnc(CCC(=O)N(C)C3CCS(=O)(=O)C3)o2)c1. The number of hydrogen-bond acceptors (Lipinski definition) is 6. The van der Waals surface area contributed by atoms with Crippen LogP contribution in [0.25, 0.3) is 11.5 Å². The highest BCUT2D eigenvalue weighted by molar-refractivity contribution is 7.91. The number of rotatable bonds is 5. The van der Waals surface area contributed by atoms with Crippen LogP contribution in [0.5, 0.6) is 0 Å². The van der Waals surface area contributed by atoms with Crippen molar-refractivity contribution in [2.24, 2.45) is 0 Å². The third kappa shape index (κ3) is 4.25. The van der Waals surface area contributed by atoms with Crippen molar-refractivity contribution in [3.05, 3.63) is 35.7 Å². The van der Waals surface area contributed by atoms with Gasteiger partial charge in [-0.2, -0.15) is 0 Å². The Balaban J connectivity index is 1.58. The average molecular weight is 363 g/mol. The molecule has 0 N–H and O–H groups in total. The summed E-state index contributed by atoms with van der Waals surface area (Å²) in [6.45, 7) is 1.98. The minimum atomic E-state index is -3.01. The summed E-state index contributed by atoms with van der Waals surface area (Å²) in [5, 5.41) is 8.02. The molecule has 0 radical (unpaired) electrons. The number of sulfone groups is 1. The maximum atomic E-state index is 12.3. The van der Waals surface area contributed by atoms with Crippen molar-refractivity contribution in [2.45, 2.75) is 32.2 Å². The van der Waals surface area contributed by atoms with Crippen molar-refractivity contribution in [2.75, 3.05) is 18.6 Å². The Labute approximate surface area is 147 Å². The largest absolute Gasteiger partial charge is 0.421 e. The first-order valence-corrected chi connectivity index (χ1v) is 10.0. The van der Waals surface area contributed by atoms with Gasteiger partial charge in [0, 0.05) is 31.5 Å². The Morgan fingerprint density at radius 1 is 1.36 bits per heavy atom. The highest BCUT2D eigenvalue weighted by Crippen LogP contribution is 2.20. The summed E-state index contributed by atoms with van der Waals surface area (Å²) in [6.07, 6.45) is 1.05. The molecule has 1 fully saturated rings. The molecule has 2 heterocycles. The van der Waals surface area contributed by atoms with Gasteiger partial charge in [0.2, 0.25) is 17.7 Å². The van der Waals surface area contributed by atoms with Gasteiger partial charge in [0.25, 0.3) is 0 Å². The van der Waals surface area contributed by atoms with E-state index in [1.54, 1.807) is 7.05 Å².